The summed E-state index contributed by atoms with van der Waals surface area (Å²) in [5.74, 6) is 0. The van der Waals surface area contributed by atoms with E-state index in [1.807, 2.05) is 11.3 Å². The number of hydrogen-bond donors (Lipinski definition) is 0. The van der Waals surface area contributed by atoms with Gasteiger partial charge in [0.15, 0.2) is 0 Å². The molecule has 148 valence electrons. The number of rotatable bonds is 8. The van der Waals surface area contributed by atoms with E-state index in [0.29, 0.717) is 0 Å². The molecule has 1 atom stereocenters. The van der Waals surface area contributed by atoms with Crippen LogP contribution in [0.15, 0.2) is 36.4 Å². The monoisotopic (exact) mass is 385 g/mol. The lowest BCUT2D eigenvalue weighted by Crippen LogP contribution is -2.42. The molecule has 3 rings (SSSR count). The van der Waals surface area contributed by atoms with E-state index in [4.69, 9.17) is 4.74 Å². The molecule has 2 heterocycles. The Morgan fingerprint density at radius 2 is 1.85 bits per heavy atom. The maximum absolute atomic E-state index is 5.97. The van der Waals surface area contributed by atoms with Crippen LogP contribution in [0.5, 0.6) is 0 Å². The third kappa shape index (κ3) is 4.82. The normalized spacial score (nSPS) is 21.1. The van der Waals surface area contributed by atoms with E-state index in [1.54, 1.807) is 0 Å². The predicted octanol–water partition coefficient (Wildman–Crippen LogP) is 5.96. The summed E-state index contributed by atoms with van der Waals surface area (Å²) in [4.78, 5) is 5.60. The van der Waals surface area contributed by atoms with E-state index >= 15 is 0 Å². The van der Waals surface area contributed by atoms with Crippen molar-refractivity contribution in [3.63, 3.8) is 0 Å². The summed E-state index contributed by atoms with van der Waals surface area (Å²) in [5, 5.41) is 0. The van der Waals surface area contributed by atoms with E-state index in [9.17, 15) is 0 Å². The fraction of sp³-hybridized carbons (Fsp3) is 0.583. The van der Waals surface area contributed by atoms with Crippen LogP contribution in [0.1, 0.15) is 54.5 Å². The number of benzene rings is 1. The zero-order valence-corrected chi connectivity index (χ0v) is 18.5. The van der Waals surface area contributed by atoms with Crippen LogP contribution >= 0.6 is 11.3 Å². The number of hydrogen-bond acceptors (Lipinski definition) is 3. The van der Waals surface area contributed by atoms with Gasteiger partial charge in [-0.2, -0.15) is 0 Å². The van der Waals surface area contributed by atoms with E-state index < -0.39 is 0 Å². The Hall–Kier alpha value is -1.16. The van der Waals surface area contributed by atoms with Crippen LogP contribution in [-0.2, 0) is 16.7 Å². The summed E-state index contributed by atoms with van der Waals surface area (Å²) in [5.41, 5.74) is 3.07. The molecular formula is C24H35NOS. The summed E-state index contributed by atoms with van der Waals surface area (Å²) in [6.45, 7) is 15.2. The van der Waals surface area contributed by atoms with Gasteiger partial charge in [0.05, 0.1) is 6.61 Å². The molecule has 1 unspecified atom stereocenters. The van der Waals surface area contributed by atoms with Crippen LogP contribution in [0.4, 0.5) is 0 Å². The van der Waals surface area contributed by atoms with Crippen molar-refractivity contribution < 1.29 is 4.74 Å². The zero-order chi connectivity index (χ0) is 19.5. The summed E-state index contributed by atoms with van der Waals surface area (Å²) in [6, 6.07) is 13.6. The molecule has 0 aliphatic carbocycles. The van der Waals surface area contributed by atoms with Crippen molar-refractivity contribution in [3.05, 3.63) is 57.3 Å². The topological polar surface area (TPSA) is 12.5 Å². The third-order valence-electron chi connectivity index (χ3n) is 6.30. The highest BCUT2D eigenvalue weighted by Crippen LogP contribution is 2.42. The van der Waals surface area contributed by atoms with Crippen molar-refractivity contribution in [1.82, 2.24) is 4.90 Å². The fourth-order valence-corrected chi connectivity index (χ4v) is 5.17. The summed E-state index contributed by atoms with van der Waals surface area (Å²) < 4.78 is 5.97. The molecule has 27 heavy (non-hydrogen) atoms. The Balaban J connectivity index is 1.73. The van der Waals surface area contributed by atoms with Gasteiger partial charge in [0.1, 0.15) is 0 Å². The van der Waals surface area contributed by atoms with Gasteiger partial charge in [0, 0.05) is 33.9 Å². The molecule has 1 fully saturated rings. The highest BCUT2D eigenvalue weighted by atomic mass is 32.1. The van der Waals surface area contributed by atoms with Crippen molar-refractivity contribution in [1.29, 1.82) is 0 Å². The van der Waals surface area contributed by atoms with Gasteiger partial charge in [-0.25, -0.2) is 0 Å². The van der Waals surface area contributed by atoms with Gasteiger partial charge in [-0.1, -0.05) is 29.8 Å². The molecule has 0 saturated carbocycles. The van der Waals surface area contributed by atoms with Crippen LogP contribution in [0, 0.1) is 19.3 Å². The van der Waals surface area contributed by atoms with Gasteiger partial charge in [-0.05, 0) is 78.1 Å². The Bertz CT molecular complexity index is 733. The maximum atomic E-state index is 5.97. The summed E-state index contributed by atoms with van der Waals surface area (Å²) in [7, 11) is 0. The smallest absolute Gasteiger partial charge is 0.0535 e. The largest absolute Gasteiger partial charge is 0.381 e. The minimum absolute atomic E-state index is 0.0567. The molecule has 2 nitrogen and oxygen atoms in total. The Kier molecular flexibility index (Phi) is 6.45. The van der Waals surface area contributed by atoms with Crippen LogP contribution in [0.3, 0.4) is 0 Å². The molecule has 1 aromatic heterocycles. The number of aryl methyl sites for hydroxylation is 3. The van der Waals surface area contributed by atoms with Crippen molar-refractivity contribution in [3.8, 4) is 0 Å². The van der Waals surface area contributed by atoms with Gasteiger partial charge in [-0.3, -0.25) is 4.90 Å². The first-order valence-corrected chi connectivity index (χ1v) is 11.1. The standard InChI is InChI=1S/C24H35NOS/c1-6-26-18-24(14-13-22-12-9-20(3)27-22)15-16-25(17-24)23(4,5)21-10-7-19(2)8-11-21/h7-12H,6,13-18H2,1-5H3. The van der Waals surface area contributed by atoms with Crippen molar-refractivity contribution in [2.45, 2.75) is 59.4 Å². The van der Waals surface area contributed by atoms with Crippen LogP contribution in [-0.4, -0.2) is 31.2 Å². The van der Waals surface area contributed by atoms with Crippen molar-refractivity contribution in [2.75, 3.05) is 26.3 Å². The lowest BCUT2D eigenvalue weighted by atomic mass is 9.82. The van der Waals surface area contributed by atoms with Gasteiger partial charge in [0.2, 0.25) is 0 Å². The third-order valence-corrected chi connectivity index (χ3v) is 7.36. The SMILES string of the molecule is CCOCC1(CCc2ccc(C)s2)CCN(C(C)(C)c2ccc(C)cc2)C1. The molecule has 3 heteroatoms. The molecule has 1 aliphatic heterocycles. The number of nitrogens with zero attached hydrogens (tertiary/aromatic N) is 1. The fourth-order valence-electron chi connectivity index (χ4n) is 4.28. The van der Waals surface area contributed by atoms with Crippen molar-refractivity contribution in [2.24, 2.45) is 5.41 Å². The molecule has 1 aromatic carbocycles. The summed E-state index contributed by atoms with van der Waals surface area (Å²) >= 11 is 1.94. The number of thiophene rings is 1. The van der Waals surface area contributed by atoms with Gasteiger partial charge >= 0.3 is 0 Å². The number of ether oxygens (including phenoxy) is 1. The number of likely N-dealkylation sites (tertiary alicyclic amines) is 1. The van der Waals surface area contributed by atoms with Gasteiger partial charge in [0.25, 0.3) is 0 Å². The van der Waals surface area contributed by atoms with E-state index in [1.165, 1.54) is 40.1 Å². The van der Waals surface area contributed by atoms with Crippen LogP contribution in [0.25, 0.3) is 0 Å². The molecule has 0 bridgehead atoms. The molecule has 0 N–H and O–H groups in total. The summed E-state index contributed by atoms with van der Waals surface area (Å²) in [6.07, 6.45) is 3.62. The second-order valence-corrected chi connectivity index (χ2v) is 10.1. The highest BCUT2D eigenvalue weighted by Gasteiger charge is 2.43. The van der Waals surface area contributed by atoms with Crippen LogP contribution < -0.4 is 0 Å². The van der Waals surface area contributed by atoms with E-state index in [-0.39, 0.29) is 11.0 Å². The predicted molar refractivity (Wildman–Crippen MR) is 117 cm³/mol. The van der Waals surface area contributed by atoms with Gasteiger partial charge in [-0.15, -0.1) is 11.3 Å². The quantitative estimate of drug-likeness (QED) is 0.556. The molecular weight excluding hydrogens is 350 g/mol. The minimum Gasteiger partial charge on any atom is -0.381 e. The average Bonchev–Trinajstić information content (AvgIpc) is 3.26. The average molecular weight is 386 g/mol. The molecule has 0 radical (unpaired) electrons. The first-order valence-electron chi connectivity index (χ1n) is 10.3. The van der Waals surface area contributed by atoms with Gasteiger partial charge < -0.3 is 4.74 Å². The Morgan fingerprint density at radius 3 is 2.48 bits per heavy atom. The molecule has 2 aromatic rings. The maximum Gasteiger partial charge on any atom is 0.0535 e. The highest BCUT2D eigenvalue weighted by molar-refractivity contribution is 7.11. The lowest BCUT2D eigenvalue weighted by molar-refractivity contribution is 0.0386. The Morgan fingerprint density at radius 1 is 1.11 bits per heavy atom. The Labute approximate surface area is 169 Å². The second-order valence-electron chi connectivity index (χ2n) is 8.75. The van der Waals surface area contributed by atoms with E-state index in [2.05, 4.69) is 75.9 Å². The van der Waals surface area contributed by atoms with E-state index in [0.717, 1.165) is 26.3 Å². The zero-order valence-electron chi connectivity index (χ0n) is 17.7. The first kappa shape index (κ1) is 20.6. The van der Waals surface area contributed by atoms with Crippen LogP contribution in [0.2, 0.25) is 0 Å². The van der Waals surface area contributed by atoms with Crippen molar-refractivity contribution >= 4 is 11.3 Å². The molecule has 1 saturated heterocycles. The molecule has 0 amide bonds. The lowest BCUT2D eigenvalue weighted by Gasteiger charge is -2.38. The molecule has 0 spiro atoms. The second kappa shape index (κ2) is 8.46. The first-order chi connectivity index (χ1) is 12.8. The molecule has 1 aliphatic rings. The minimum atomic E-state index is 0.0567.